The standard InChI is InChI=1S/C21H42O4Si/c1-15(2)26(16(3)4,17(5)6)25-20-11-9-8-10-19(22)12-13-21(23)24-18(7)14-20/h15-20,22H,8-14H2,1-7H3/t18-,19?,20?/m0/s1. The van der Waals surface area contributed by atoms with E-state index in [9.17, 15) is 9.90 Å². The Morgan fingerprint density at radius 1 is 1.00 bits per heavy atom. The van der Waals surface area contributed by atoms with Crippen LogP contribution in [0.3, 0.4) is 0 Å². The van der Waals surface area contributed by atoms with Gasteiger partial charge in [-0.1, -0.05) is 54.4 Å². The van der Waals surface area contributed by atoms with Crippen LogP contribution in [-0.4, -0.2) is 37.7 Å². The van der Waals surface area contributed by atoms with E-state index in [1.54, 1.807) is 0 Å². The molecule has 0 bridgehead atoms. The average Bonchev–Trinajstić information content (AvgIpc) is 2.51. The first kappa shape index (κ1) is 23.6. The molecule has 1 saturated heterocycles. The highest BCUT2D eigenvalue weighted by molar-refractivity contribution is 6.77. The Hall–Kier alpha value is -0.393. The van der Waals surface area contributed by atoms with E-state index in [-0.39, 0.29) is 18.2 Å². The Balaban J connectivity index is 2.95. The van der Waals surface area contributed by atoms with Crippen molar-refractivity contribution in [2.75, 3.05) is 0 Å². The fraction of sp³-hybridized carbons (Fsp3) is 0.952. The third kappa shape index (κ3) is 6.65. The van der Waals surface area contributed by atoms with Gasteiger partial charge in [-0.25, -0.2) is 0 Å². The molecule has 0 spiro atoms. The molecule has 0 radical (unpaired) electrons. The number of aliphatic hydroxyl groups excluding tert-OH is 1. The second-order valence-corrected chi connectivity index (χ2v) is 14.5. The van der Waals surface area contributed by atoms with Crippen molar-refractivity contribution >= 4 is 14.3 Å². The third-order valence-electron chi connectivity index (χ3n) is 6.00. The maximum absolute atomic E-state index is 12.0. The zero-order chi connectivity index (χ0) is 19.9. The Morgan fingerprint density at radius 3 is 2.08 bits per heavy atom. The summed E-state index contributed by atoms with van der Waals surface area (Å²) < 4.78 is 12.6. The first-order valence-electron chi connectivity index (χ1n) is 10.6. The lowest BCUT2D eigenvalue weighted by atomic mass is 10.0. The highest BCUT2D eigenvalue weighted by Gasteiger charge is 2.46. The zero-order valence-electron chi connectivity index (χ0n) is 18.1. The quantitative estimate of drug-likeness (QED) is 0.495. The van der Waals surface area contributed by atoms with Crippen LogP contribution in [0.4, 0.5) is 0 Å². The van der Waals surface area contributed by atoms with Crippen molar-refractivity contribution in [3.8, 4) is 0 Å². The second-order valence-electron chi connectivity index (χ2n) is 9.07. The highest BCUT2D eigenvalue weighted by Crippen LogP contribution is 2.44. The van der Waals surface area contributed by atoms with Gasteiger partial charge in [0.1, 0.15) is 6.10 Å². The van der Waals surface area contributed by atoms with E-state index in [1.807, 2.05) is 6.92 Å². The van der Waals surface area contributed by atoms with E-state index in [4.69, 9.17) is 9.16 Å². The van der Waals surface area contributed by atoms with Crippen molar-refractivity contribution in [1.29, 1.82) is 0 Å². The molecule has 2 unspecified atom stereocenters. The van der Waals surface area contributed by atoms with Crippen LogP contribution in [0, 0.1) is 0 Å². The predicted molar refractivity (Wildman–Crippen MR) is 110 cm³/mol. The van der Waals surface area contributed by atoms with Gasteiger partial charge in [-0.15, -0.1) is 0 Å². The molecule has 5 heteroatoms. The summed E-state index contributed by atoms with van der Waals surface area (Å²) >= 11 is 0. The van der Waals surface area contributed by atoms with E-state index in [2.05, 4.69) is 41.5 Å². The van der Waals surface area contributed by atoms with Gasteiger partial charge in [0.2, 0.25) is 8.32 Å². The lowest BCUT2D eigenvalue weighted by Crippen LogP contribution is -2.50. The third-order valence-corrected chi connectivity index (χ3v) is 12.2. The lowest BCUT2D eigenvalue weighted by Gasteiger charge is -2.45. The van der Waals surface area contributed by atoms with Gasteiger partial charge < -0.3 is 14.3 Å². The van der Waals surface area contributed by atoms with Crippen molar-refractivity contribution in [3.63, 3.8) is 0 Å². The summed E-state index contributed by atoms with van der Waals surface area (Å²) in [4.78, 5) is 12.0. The minimum atomic E-state index is -1.96. The van der Waals surface area contributed by atoms with Crippen LogP contribution in [0.15, 0.2) is 0 Å². The molecule has 1 fully saturated rings. The molecule has 3 atom stereocenters. The SMILES string of the molecule is CC(C)[Si](OC1CCCCC(O)CCC(=O)O[C@@H](C)C1)(C(C)C)C(C)C. The Labute approximate surface area is 162 Å². The van der Waals surface area contributed by atoms with Crippen LogP contribution in [0.2, 0.25) is 16.6 Å². The summed E-state index contributed by atoms with van der Waals surface area (Å²) in [5.74, 6) is -0.198. The van der Waals surface area contributed by atoms with Gasteiger partial charge in [-0.3, -0.25) is 4.79 Å². The maximum Gasteiger partial charge on any atom is 0.306 e. The number of carbonyl (C=O) groups is 1. The van der Waals surface area contributed by atoms with Gasteiger partial charge in [-0.2, -0.15) is 0 Å². The van der Waals surface area contributed by atoms with Gasteiger partial charge in [0.15, 0.2) is 0 Å². The van der Waals surface area contributed by atoms with Gasteiger partial charge >= 0.3 is 5.97 Å². The van der Waals surface area contributed by atoms with E-state index in [0.717, 1.165) is 32.1 Å². The number of hydrogen-bond donors (Lipinski definition) is 1. The monoisotopic (exact) mass is 386 g/mol. The number of esters is 1. The molecule has 0 saturated carbocycles. The van der Waals surface area contributed by atoms with E-state index in [0.29, 0.717) is 29.5 Å². The number of hydrogen-bond acceptors (Lipinski definition) is 4. The average molecular weight is 387 g/mol. The molecular weight excluding hydrogens is 344 g/mol. The largest absolute Gasteiger partial charge is 0.463 e. The molecule has 1 heterocycles. The zero-order valence-corrected chi connectivity index (χ0v) is 19.1. The molecule has 1 rings (SSSR count). The van der Waals surface area contributed by atoms with Gasteiger partial charge in [-0.05, 0) is 42.8 Å². The first-order chi connectivity index (χ1) is 12.1. The summed E-state index contributed by atoms with van der Waals surface area (Å²) in [6, 6.07) is 0. The van der Waals surface area contributed by atoms with Crippen molar-refractivity contribution in [3.05, 3.63) is 0 Å². The van der Waals surface area contributed by atoms with E-state index < -0.39 is 14.4 Å². The smallest absolute Gasteiger partial charge is 0.306 e. The Morgan fingerprint density at radius 2 is 1.54 bits per heavy atom. The number of cyclic esters (lactones) is 1. The Bertz CT molecular complexity index is 400. The number of aliphatic hydroxyl groups is 1. The molecule has 0 aromatic carbocycles. The minimum Gasteiger partial charge on any atom is -0.463 e. The van der Waals surface area contributed by atoms with Gasteiger partial charge in [0.05, 0.1) is 6.10 Å². The summed E-state index contributed by atoms with van der Waals surface area (Å²) in [5.41, 5.74) is 1.63. The normalized spacial score (nSPS) is 27.3. The predicted octanol–water partition coefficient (Wildman–Crippen LogP) is 5.58. The van der Waals surface area contributed by atoms with Crippen LogP contribution in [-0.2, 0) is 14.0 Å². The van der Waals surface area contributed by atoms with Gasteiger partial charge in [0.25, 0.3) is 0 Å². The van der Waals surface area contributed by atoms with E-state index in [1.165, 1.54) is 0 Å². The number of rotatable bonds is 5. The minimum absolute atomic E-state index is 0.133. The molecule has 154 valence electrons. The molecule has 4 nitrogen and oxygen atoms in total. The van der Waals surface area contributed by atoms with E-state index >= 15 is 0 Å². The first-order valence-corrected chi connectivity index (χ1v) is 12.8. The van der Waals surface area contributed by atoms with Crippen molar-refractivity contribution in [2.24, 2.45) is 0 Å². The summed E-state index contributed by atoms with van der Waals surface area (Å²) in [6.45, 7) is 15.8. The summed E-state index contributed by atoms with van der Waals surface area (Å²) in [5, 5.41) is 10.0. The van der Waals surface area contributed by atoms with Gasteiger partial charge in [0, 0.05) is 18.9 Å². The molecule has 26 heavy (non-hydrogen) atoms. The summed E-state index contributed by atoms with van der Waals surface area (Å²) in [6.07, 6.45) is 4.98. The molecule has 1 N–H and O–H groups in total. The van der Waals surface area contributed by atoms with Crippen molar-refractivity contribution < 1.29 is 19.1 Å². The van der Waals surface area contributed by atoms with Crippen molar-refractivity contribution in [2.45, 2.75) is 128 Å². The molecular formula is C21H42O4Si. The van der Waals surface area contributed by atoms with Crippen LogP contribution in [0.5, 0.6) is 0 Å². The molecule has 0 aliphatic carbocycles. The molecule has 1 aliphatic rings. The maximum atomic E-state index is 12.0. The molecule has 0 amide bonds. The second kappa shape index (κ2) is 10.8. The summed E-state index contributed by atoms with van der Waals surface area (Å²) in [7, 11) is -1.96. The Kier molecular flexibility index (Phi) is 9.84. The lowest BCUT2D eigenvalue weighted by molar-refractivity contribution is -0.150. The fourth-order valence-electron chi connectivity index (χ4n) is 4.80. The topological polar surface area (TPSA) is 55.8 Å². The highest BCUT2D eigenvalue weighted by atomic mass is 28.4. The van der Waals surface area contributed by atoms with Crippen molar-refractivity contribution in [1.82, 2.24) is 0 Å². The number of ether oxygens (including phenoxy) is 1. The fourth-order valence-corrected chi connectivity index (χ4v) is 10.4. The van der Waals surface area contributed by atoms with Crippen LogP contribution in [0.25, 0.3) is 0 Å². The molecule has 0 aromatic rings. The van der Waals surface area contributed by atoms with Crippen LogP contribution < -0.4 is 0 Å². The number of carbonyl (C=O) groups excluding carboxylic acids is 1. The van der Waals surface area contributed by atoms with Crippen LogP contribution in [0.1, 0.15) is 93.4 Å². The van der Waals surface area contributed by atoms with Crippen LogP contribution >= 0.6 is 0 Å². The molecule has 1 aliphatic heterocycles. The molecule has 0 aromatic heterocycles.